The largest absolute Gasteiger partial charge is 0.462 e. The van der Waals surface area contributed by atoms with E-state index in [4.69, 9.17) is 9.47 Å². The standard InChI is InChI=1S/C35H51N3O12/c1-2-36-33(40)17-9-4-3-8-16-29-30(23-22-28(39)21-20-27-14-6-5-7-15-27)32(50-35(42)19-11-13-25-48-38(45)46)26-31(29)49-34(41)18-10-12-24-47-37(43)44/h3,5-8,14-15,22-23,28-32,39H,2,4,9-13,16-21,24-26H2,1H3,(H,36,40)/b8-3-,23-22+/t28-,29+,30+,31-,32+/m0/s1. The molecule has 1 aromatic carbocycles. The number of ether oxygens (including phenoxy) is 2. The first-order chi connectivity index (χ1) is 24.1. The monoisotopic (exact) mass is 705 g/mol. The highest BCUT2D eigenvalue weighted by atomic mass is 17.0. The summed E-state index contributed by atoms with van der Waals surface area (Å²) in [5, 5.41) is 32.6. The zero-order chi connectivity index (χ0) is 36.6. The lowest BCUT2D eigenvalue weighted by atomic mass is 9.89. The van der Waals surface area contributed by atoms with Crippen LogP contribution in [-0.2, 0) is 40.0 Å². The van der Waals surface area contributed by atoms with Crippen molar-refractivity contribution in [3.8, 4) is 0 Å². The maximum atomic E-state index is 12.9. The van der Waals surface area contributed by atoms with Crippen LogP contribution in [0.5, 0.6) is 0 Å². The van der Waals surface area contributed by atoms with E-state index in [1.807, 2.05) is 55.5 Å². The summed E-state index contributed by atoms with van der Waals surface area (Å²) in [6.07, 6.45) is 10.2. The highest BCUT2D eigenvalue weighted by Gasteiger charge is 2.45. The molecule has 0 saturated heterocycles. The molecular formula is C35H51N3O12. The number of aliphatic hydroxyl groups excluding tert-OH is 1. The summed E-state index contributed by atoms with van der Waals surface area (Å²) >= 11 is 0. The molecule has 0 heterocycles. The fraction of sp³-hybridized carbons (Fsp3) is 0.629. The normalized spacial score (nSPS) is 19.2. The molecule has 1 aromatic rings. The first kappa shape index (κ1) is 41.6. The number of esters is 2. The van der Waals surface area contributed by atoms with Crippen LogP contribution in [0.3, 0.4) is 0 Å². The van der Waals surface area contributed by atoms with Crippen molar-refractivity contribution in [2.45, 2.75) is 109 Å². The van der Waals surface area contributed by atoms with Crippen LogP contribution in [0.4, 0.5) is 0 Å². The molecule has 0 unspecified atom stereocenters. The van der Waals surface area contributed by atoms with Crippen molar-refractivity contribution in [2.24, 2.45) is 11.8 Å². The van der Waals surface area contributed by atoms with Crippen LogP contribution in [0.1, 0.15) is 89.5 Å². The summed E-state index contributed by atoms with van der Waals surface area (Å²) in [5.41, 5.74) is 1.09. The summed E-state index contributed by atoms with van der Waals surface area (Å²) in [7, 11) is 0. The number of nitrogens with zero attached hydrogens (tertiary/aromatic N) is 2. The smallest absolute Gasteiger partial charge is 0.306 e. The van der Waals surface area contributed by atoms with Gasteiger partial charge in [-0.3, -0.25) is 14.4 Å². The number of benzene rings is 1. The van der Waals surface area contributed by atoms with Crippen molar-refractivity contribution in [1.29, 1.82) is 0 Å². The Labute approximate surface area is 292 Å². The van der Waals surface area contributed by atoms with E-state index in [1.54, 1.807) is 6.08 Å². The summed E-state index contributed by atoms with van der Waals surface area (Å²) in [6.45, 7) is 2.16. The molecule has 1 fully saturated rings. The third-order valence-corrected chi connectivity index (χ3v) is 8.23. The molecule has 1 aliphatic carbocycles. The van der Waals surface area contributed by atoms with Crippen molar-refractivity contribution in [3.63, 3.8) is 0 Å². The van der Waals surface area contributed by atoms with Gasteiger partial charge in [-0.15, -0.1) is 20.2 Å². The van der Waals surface area contributed by atoms with Crippen LogP contribution in [0.25, 0.3) is 0 Å². The zero-order valence-corrected chi connectivity index (χ0v) is 28.7. The molecule has 1 aliphatic rings. The summed E-state index contributed by atoms with van der Waals surface area (Å²) in [5.74, 6) is -1.72. The zero-order valence-electron chi connectivity index (χ0n) is 28.7. The number of aliphatic hydroxyl groups is 1. The Balaban J connectivity index is 2.17. The number of amides is 1. The van der Waals surface area contributed by atoms with Gasteiger partial charge in [-0.05, 0) is 70.3 Å². The Hall–Kier alpha value is -4.53. The second-order valence-electron chi connectivity index (χ2n) is 12.1. The van der Waals surface area contributed by atoms with Gasteiger partial charge in [0.15, 0.2) is 0 Å². The second-order valence-corrected chi connectivity index (χ2v) is 12.1. The number of carbonyl (C=O) groups is 3. The number of aryl methyl sites for hydroxylation is 1. The van der Waals surface area contributed by atoms with Gasteiger partial charge in [0, 0.05) is 44.1 Å². The lowest BCUT2D eigenvalue weighted by molar-refractivity contribution is -0.757. The van der Waals surface area contributed by atoms with Gasteiger partial charge in [0.25, 0.3) is 10.2 Å². The van der Waals surface area contributed by atoms with Crippen molar-refractivity contribution >= 4 is 17.8 Å². The number of hydrogen-bond donors (Lipinski definition) is 2. The predicted molar refractivity (Wildman–Crippen MR) is 181 cm³/mol. The lowest BCUT2D eigenvalue weighted by Crippen LogP contribution is -2.26. The van der Waals surface area contributed by atoms with Gasteiger partial charge >= 0.3 is 11.9 Å². The van der Waals surface area contributed by atoms with Crippen LogP contribution >= 0.6 is 0 Å². The first-order valence-electron chi connectivity index (χ1n) is 17.3. The minimum Gasteiger partial charge on any atom is -0.462 e. The molecule has 5 atom stereocenters. The van der Waals surface area contributed by atoms with E-state index in [-0.39, 0.29) is 50.7 Å². The molecule has 1 saturated carbocycles. The molecule has 0 aliphatic heterocycles. The van der Waals surface area contributed by atoms with Gasteiger partial charge in [0.1, 0.15) is 12.2 Å². The average molecular weight is 706 g/mol. The van der Waals surface area contributed by atoms with E-state index in [0.717, 1.165) is 5.56 Å². The Morgan fingerprint density at radius 1 is 0.900 bits per heavy atom. The summed E-state index contributed by atoms with van der Waals surface area (Å²) in [4.78, 5) is 66.9. The number of unbranched alkanes of at least 4 members (excludes halogenated alkanes) is 3. The highest BCUT2D eigenvalue weighted by molar-refractivity contribution is 5.75. The summed E-state index contributed by atoms with van der Waals surface area (Å²) < 4.78 is 11.8. The Morgan fingerprint density at radius 3 is 2.12 bits per heavy atom. The van der Waals surface area contributed by atoms with Gasteiger partial charge in [0.2, 0.25) is 5.91 Å². The topological polar surface area (TPSA) is 207 Å². The number of allylic oxidation sites excluding steroid dienone is 2. The summed E-state index contributed by atoms with van der Waals surface area (Å²) in [6, 6.07) is 9.76. The lowest BCUT2D eigenvalue weighted by Gasteiger charge is -2.24. The minimum atomic E-state index is -0.887. The number of hydrogen-bond acceptors (Lipinski definition) is 12. The molecule has 2 rings (SSSR count). The molecule has 0 aromatic heterocycles. The SMILES string of the molecule is CCNC(=O)CCC/C=C\C[C@@H]1[C@@H](/C=C/[C@@H](O)CCc2ccccc2)[C@H](OC(=O)CCCCO[N+](=O)[O-])C[C@@H]1OC(=O)CCCCO[N+](=O)[O-]. The number of rotatable bonds is 26. The molecule has 0 spiro atoms. The van der Waals surface area contributed by atoms with Crippen molar-refractivity contribution in [2.75, 3.05) is 19.8 Å². The fourth-order valence-corrected chi connectivity index (χ4v) is 5.75. The molecule has 15 heteroatoms. The fourth-order valence-electron chi connectivity index (χ4n) is 5.75. The van der Waals surface area contributed by atoms with Crippen LogP contribution in [0.2, 0.25) is 0 Å². The minimum absolute atomic E-state index is 0.0143. The van der Waals surface area contributed by atoms with E-state index in [9.17, 15) is 39.7 Å². The molecule has 15 nitrogen and oxygen atoms in total. The Kier molecular flexibility index (Phi) is 20.5. The molecule has 50 heavy (non-hydrogen) atoms. The molecule has 0 bridgehead atoms. The Bertz CT molecular complexity index is 1240. The van der Waals surface area contributed by atoms with E-state index >= 15 is 0 Å². The quantitative estimate of drug-likeness (QED) is 0.0429. The van der Waals surface area contributed by atoms with E-state index in [0.29, 0.717) is 64.3 Å². The van der Waals surface area contributed by atoms with E-state index in [2.05, 4.69) is 15.0 Å². The molecule has 0 radical (unpaired) electrons. The first-order valence-corrected chi connectivity index (χ1v) is 17.3. The molecular weight excluding hydrogens is 654 g/mol. The van der Waals surface area contributed by atoms with Gasteiger partial charge in [0.05, 0.1) is 19.3 Å². The predicted octanol–water partition coefficient (Wildman–Crippen LogP) is 5.01. The van der Waals surface area contributed by atoms with Crippen molar-refractivity contribution in [3.05, 3.63) is 80.4 Å². The van der Waals surface area contributed by atoms with Gasteiger partial charge in [-0.25, -0.2) is 0 Å². The van der Waals surface area contributed by atoms with E-state index in [1.165, 1.54) is 0 Å². The van der Waals surface area contributed by atoms with Crippen molar-refractivity contribution < 1.29 is 48.8 Å². The van der Waals surface area contributed by atoms with Gasteiger partial charge < -0.3 is 29.6 Å². The highest BCUT2D eigenvalue weighted by Crippen LogP contribution is 2.40. The third kappa shape index (κ3) is 18.3. The van der Waals surface area contributed by atoms with Gasteiger partial charge in [-0.2, -0.15) is 0 Å². The number of carbonyl (C=O) groups excluding carboxylic acids is 3. The second kappa shape index (κ2) is 24.6. The molecule has 278 valence electrons. The molecule has 1 amide bonds. The molecule has 2 N–H and O–H groups in total. The number of nitrogens with one attached hydrogen (secondary N) is 1. The Morgan fingerprint density at radius 2 is 1.52 bits per heavy atom. The van der Waals surface area contributed by atoms with E-state index < -0.39 is 46.3 Å². The average Bonchev–Trinajstić information content (AvgIpc) is 3.38. The van der Waals surface area contributed by atoms with Gasteiger partial charge in [-0.1, -0.05) is 54.6 Å². The third-order valence-electron chi connectivity index (χ3n) is 8.23. The van der Waals surface area contributed by atoms with Crippen LogP contribution in [-0.4, -0.2) is 71.2 Å². The maximum Gasteiger partial charge on any atom is 0.306 e. The van der Waals surface area contributed by atoms with Crippen LogP contribution < -0.4 is 5.32 Å². The van der Waals surface area contributed by atoms with Crippen LogP contribution in [0, 0.1) is 32.1 Å². The van der Waals surface area contributed by atoms with Crippen LogP contribution in [0.15, 0.2) is 54.6 Å². The van der Waals surface area contributed by atoms with Crippen molar-refractivity contribution in [1.82, 2.24) is 5.32 Å². The maximum absolute atomic E-state index is 12.9.